The summed E-state index contributed by atoms with van der Waals surface area (Å²) in [6, 6.07) is 5.74. The number of nitrogens with two attached hydrogens (primary N) is 1. The molecule has 0 aliphatic carbocycles. The Labute approximate surface area is 174 Å². The van der Waals surface area contributed by atoms with E-state index in [0.717, 1.165) is 19.3 Å². The van der Waals surface area contributed by atoms with E-state index in [0.29, 0.717) is 24.7 Å². The topological polar surface area (TPSA) is 96.2 Å². The van der Waals surface area contributed by atoms with Crippen LogP contribution in [0.4, 0.5) is 21.6 Å². The molecule has 158 valence electrons. The van der Waals surface area contributed by atoms with Crippen LogP contribution in [0.15, 0.2) is 33.9 Å². The largest absolute Gasteiger partial charge is 0.383 e. The summed E-state index contributed by atoms with van der Waals surface area (Å²) in [7, 11) is 0. The van der Waals surface area contributed by atoms with Gasteiger partial charge in [-0.3, -0.25) is 14.3 Å². The minimum Gasteiger partial charge on any atom is -0.383 e. The molecule has 0 unspecified atom stereocenters. The fourth-order valence-corrected chi connectivity index (χ4v) is 3.10. The van der Waals surface area contributed by atoms with Crippen LogP contribution in [-0.4, -0.2) is 21.2 Å². The van der Waals surface area contributed by atoms with Gasteiger partial charge in [0.05, 0.1) is 0 Å². The van der Waals surface area contributed by atoms with Gasteiger partial charge in [-0.15, -0.1) is 0 Å². The zero-order valence-electron chi connectivity index (χ0n) is 17.0. The number of thiocarbonyl (C=S) groups is 1. The Morgan fingerprint density at radius 3 is 2.55 bits per heavy atom. The number of anilines is 3. The molecule has 0 radical (unpaired) electrons. The van der Waals surface area contributed by atoms with Crippen LogP contribution in [0.2, 0.25) is 0 Å². The van der Waals surface area contributed by atoms with Crippen molar-refractivity contribution < 1.29 is 4.39 Å². The molecule has 0 spiro atoms. The maximum Gasteiger partial charge on any atom is 0.330 e. The molecule has 29 heavy (non-hydrogen) atoms. The Morgan fingerprint density at radius 1 is 1.31 bits per heavy atom. The van der Waals surface area contributed by atoms with E-state index in [4.69, 9.17) is 18.0 Å². The van der Waals surface area contributed by atoms with Gasteiger partial charge in [0, 0.05) is 18.8 Å². The Kier molecular flexibility index (Phi) is 7.95. The van der Waals surface area contributed by atoms with Crippen LogP contribution in [0, 0.1) is 11.7 Å². The quantitative estimate of drug-likeness (QED) is 0.566. The third-order valence-corrected chi connectivity index (χ3v) is 4.81. The third-order valence-electron chi connectivity index (χ3n) is 4.49. The third kappa shape index (κ3) is 5.90. The molecule has 2 rings (SSSR count). The van der Waals surface area contributed by atoms with E-state index in [9.17, 15) is 14.0 Å². The number of hydrogen-bond donors (Lipinski definition) is 3. The predicted octanol–water partition coefficient (Wildman–Crippen LogP) is 3.31. The summed E-state index contributed by atoms with van der Waals surface area (Å²) in [5.74, 6) is 0.0819. The van der Waals surface area contributed by atoms with Crippen molar-refractivity contribution in [2.45, 2.75) is 46.6 Å². The molecule has 7 nitrogen and oxygen atoms in total. The number of nitrogens with one attached hydrogen (secondary N) is 2. The first-order valence-corrected chi connectivity index (χ1v) is 10.1. The highest BCUT2D eigenvalue weighted by atomic mass is 32.1. The maximum atomic E-state index is 13.2. The number of aromatic nitrogens is 2. The van der Waals surface area contributed by atoms with Crippen molar-refractivity contribution in [2.24, 2.45) is 5.92 Å². The first-order chi connectivity index (χ1) is 13.7. The summed E-state index contributed by atoms with van der Waals surface area (Å²) < 4.78 is 14.5. The molecule has 0 aliphatic heterocycles. The second-order valence-electron chi connectivity index (χ2n) is 7.27. The van der Waals surface area contributed by atoms with Crippen molar-refractivity contribution in [3.05, 3.63) is 50.9 Å². The van der Waals surface area contributed by atoms with Gasteiger partial charge in [-0.2, -0.15) is 0 Å². The van der Waals surface area contributed by atoms with E-state index >= 15 is 0 Å². The molecule has 1 heterocycles. The molecule has 0 saturated carbocycles. The highest BCUT2D eigenvalue weighted by Gasteiger charge is 2.22. The van der Waals surface area contributed by atoms with Gasteiger partial charge < -0.3 is 16.0 Å². The standard InChI is InChI=1S/C20H28FN5O2S/c1-4-5-11-26-17(22)16(18(27)24-19(26)28)25(12-10-13(2)3)20(29)23-15-8-6-14(21)7-9-15/h6-9,13H,4-5,10-12,22H2,1-3H3,(H,23,29)(H,24,27,28). The van der Waals surface area contributed by atoms with Crippen LogP contribution < -0.4 is 27.2 Å². The van der Waals surface area contributed by atoms with Gasteiger partial charge in [-0.25, -0.2) is 9.18 Å². The van der Waals surface area contributed by atoms with Gasteiger partial charge in [0.25, 0.3) is 5.56 Å². The van der Waals surface area contributed by atoms with Crippen LogP contribution in [0.1, 0.15) is 40.0 Å². The predicted molar refractivity (Wildman–Crippen MR) is 120 cm³/mol. The second-order valence-corrected chi connectivity index (χ2v) is 7.66. The first kappa shape index (κ1) is 22.6. The van der Waals surface area contributed by atoms with E-state index in [2.05, 4.69) is 24.1 Å². The number of aromatic amines is 1. The van der Waals surface area contributed by atoms with Gasteiger partial charge >= 0.3 is 5.69 Å². The van der Waals surface area contributed by atoms with Crippen molar-refractivity contribution in [3.8, 4) is 0 Å². The summed E-state index contributed by atoms with van der Waals surface area (Å²) >= 11 is 5.53. The number of rotatable bonds is 8. The van der Waals surface area contributed by atoms with Gasteiger partial charge in [0.1, 0.15) is 11.6 Å². The minimum absolute atomic E-state index is 0.0826. The van der Waals surface area contributed by atoms with Crippen molar-refractivity contribution in [1.29, 1.82) is 0 Å². The molecule has 1 aromatic heterocycles. The molecular weight excluding hydrogens is 393 g/mol. The molecule has 0 aliphatic rings. The zero-order chi connectivity index (χ0) is 21.6. The van der Waals surface area contributed by atoms with E-state index in [-0.39, 0.29) is 22.4 Å². The summed E-state index contributed by atoms with van der Waals surface area (Å²) in [6.45, 7) is 6.96. The molecule has 0 atom stereocenters. The Bertz CT molecular complexity index is 953. The van der Waals surface area contributed by atoms with Crippen LogP contribution >= 0.6 is 12.2 Å². The fourth-order valence-electron chi connectivity index (χ4n) is 2.80. The highest BCUT2D eigenvalue weighted by molar-refractivity contribution is 7.80. The SMILES string of the molecule is CCCCn1c(N)c(N(CCC(C)C)C(=S)Nc2ccc(F)cc2)c(=O)[nH]c1=O. The lowest BCUT2D eigenvalue weighted by Crippen LogP contribution is -2.43. The molecule has 0 amide bonds. The van der Waals surface area contributed by atoms with Gasteiger partial charge in [-0.05, 0) is 55.2 Å². The molecule has 2 aromatic rings. The highest BCUT2D eigenvalue weighted by Crippen LogP contribution is 2.20. The molecule has 0 fully saturated rings. The molecular formula is C20H28FN5O2S. The number of benzene rings is 1. The lowest BCUT2D eigenvalue weighted by molar-refractivity contribution is 0.587. The van der Waals surface area contributed by atoms with Crippen molar-refractivity contribution >= 4 is 34.5 Å². The lowest BCUT2D eigenvalue weighted by Gasteiger charge is -2.27. The number of nitrogen functional groups attached to an aromatic ring is 1. The first-order valence-electron chi connectivity index (χ1n) is 9.71. The normalized spacial score (nSPS) is 10.9. The second kappa shape index (κ2) is 10.2. The summed E-state index contributed by atoms with van der Waals surface area (Å²) in [4.78, 5) is 28.8. The monoisotopic (exact) mass is 421 g/mol. The van der Waals surface area contributed by atoms with Gasteiger partial charge in [-0.1, -0.05) is 27.2 Å². The lowest BCUT2D eigenvalue weighted by atomic mass is 10.1. The molecule has 0 bridgehead atoms. The van der Waals surface area contributed by atoms with E-state index < -0.39 is 11.2 Å². The molecule has 9 heteroatoms. The molecule has 1 aromatic carbocycles. The average molecular weight is 422 g/mol. The Hall–Kier alpha value is -2.68. The number of H-pyrrole nitrogens is 1. The van der Waals surface area contributed by atoms with Gasteiger partial charge in [0.2, 0.25) is 0 Å². The summed E-state index contributed by atoms with van der Waals surface area (Å²) in [5.41, 5.74) is 5.85. The van der Waals surface area contributed by atoms with Crippen LogP contribution in [0.25, 0.3) is 0 Å². The maximum absolute atomic E-state index is 13.2. The average Bonchev–Trinajstić information content (AvgIpc) is 2.65. The van der Waals surface area contributed by atoms with Crippen molar-refractivity contribution in [3.63, 3.8) is 0 Å². The van der Waals surface area contributed by atoms with Crippen molar-refractivity contribution in [1.82, 2.24) is 9.55 Å². The number of unbranched alkanes of at least 4 members (excludes halogenated alkanes) is 1. The van der Waals surface area contributed by atoms with Gasteiger partial charge in [0.15, 0.2) is 10.8 Å². The fraction of sp³-hybridized carbons (Fsp3) is 0.450. The number of halogens is 1. The summed E-state index contributed by atoms with van der Waals surface area (Å²) in [6.07, 6.45) is 2.38. The zero-order valence-corrected chi connectivity index (χ0v) is 17.8. The Morgan fingerprint density at radius 2 is 1.97 bits per heavy atom. The van der Waals surface area contributed by atoms with Crippen LogP contribution in [-0.2, 0) is 6.54 Å². The number of hydrogen-bond acceptors (Lipinski definition) is 4. The summed E-state index contributed by atoms with van der Waals surface area (Å²) in [5, 5.41) is 3.26. The van der Waals surface area contributed by atoms with E-state index in [1.165, 1.54) is 16.7 Å². The smallest absolute Gasteiger partial charge is 0.330 e. The van der Waals surface area contributed by atoms with Crippen LogP contribution in [0.3, 0.4) is 0 Å². The van der Waals surface area contributed by atoms with Crippen molar-refractivity contribution in [2.75, 3.05) is 22.5 Å². The molecule has 4 N–H and O–H groups in total. The van der Waals surface area contributed by atoms with Crippen LogP contribution in [0.5, 0.6) is 0 Å². The Balaban J connectivity index is 2.45. The molecule has 0 saturated heterocycles. The minimum atomic E-state index is -0.590. The number of nitrogens with zero attached hydrogens (tertiary/aromatic N) is 2. The van der Waals surface area contributed by atoms with E-state index in [1.807, 2.05) is 6.92 Å². The van der Waals surface area contributed by atoms with E-state index in [1.54, 1.807) is 17.0 Å².